The van der Waals surface area contributed by atoms with E-state index < -0.39 is 0 Å². The molecule has 1 fully saturated rings. The first kappa shape index (κ1) is 12.0. The second-order valence-electron chi connectivity index (χ2n) is 5.48. The van der Waals surface area contributed by atoms with Crippen LogP contribution >= 0.6 is 0 Å². The van der Waals surface area contributed by atoms with E-state index >= 15 is 0 Å². The molecule has 1 aliphatic heterocycles. The number of hydrogen-bond donors (Lipinski definition) is 2. The van der Waals surface area contributed by atoms with Gasteiger partial charge in [0.15, 0.2) is 0 Å². The van der Waals surface area contributed by atoms with E-state index in [-0.39, 0.29) is 0 Å². The van der Waals surface area contributed by atoms with Gasteiger partial charge in [-0.2, -0.15) is 0 Å². The number of rotatable bonds is 4. The van der Waals surface area contributed by atoms with E-state index in [1.807, 2.05) is 0 Å². The van der Waals surface area contributed by atoms with Gasteiger partial charge >= 0.3 is 0 Å². The van der Waals surface area contributed by atoms with Crippen molar-refractivity contribution < 1.29 is 0 Å². The molecule has 0 aromatic rings. The Labute approximate surface area is 88.8 Å². The van der Waals surface area contributed by atoms with Gasteiger partial charge in [-0.05, 0) is 24.7 Å². The molecular weight excluding hydrogens is 172 g/mol. The van der Waals surface area contributed by atoms with Gasteiger partial charge in [0, 0.05) is 25.2 Å². The fraction of sp³-hybridized carbons (Fsp3) is 1.00. The summed E-state index contributed by atoms with van der Waals surface area (Å²) in [5.74, 6) is 1.60. The molecule has 0 aromatic carbocycles. The third-order valence-corrected chi connectivity index (χ3v) is 2.76. The van der Waals surface area contributed by atoms with Crippen LogP contribution in [0.1, 0.15) is 40.5 Å². The van der Waals surface area contributed by atoms with Crippen LogP contribution < -0.4 is 10.6 Å². The average Bonchev–Trinajstić information content (AvgIpc) is 2.01. The fourth-order valence-electron chi connectivity index (χ4n) is 2.32. The van der Waals surface area contributed by atoms with Crippen molar-refractivity contribution in [3.8, 4) is 0 Å². The molecule has 1 saturated heterocycles. The highest BCUT2D eigenvalue weighted by atomic mass is 15.1. The van der Waals surface area contributed by atoms with E-state index in [0.29, 0.717) is 12.1 Å². The van der Waals surface area contributed by atoms with Gasteiger partial charge in [-0.25, -0.2) is 0 Å². The number of piperazine rings is 1. The maximum absolute atomic E-state index is 3.75. The highest BCUT2D eigenvalue weighted by Crippen LogP contribution is 2.11. The van der Waals surface area contributed by atoms with E-state index in [2.05, 4.69) is 38.3 Å². The molecular formula is C12H26N2. The standard InChI is InChI=1S/C12H26N2/c1-9(2)5-11-7-13-8-12(14-11)6-10(3)4/h9-14H,5-8H2,1-4H3. The van der Waals surface area contributed by atoms with E-state index in [9.17, 15) is 0 Å². The lowest BCUT2D eigenvalue weighted by Gasteiger charge is -2.33. The molecule has 2 atom stereocenters. The molecule has 1 aliphatic rings. The molecule has 1 rings (SSSR count). The van der Waals surface area contributed by atoms with Crippen molar-refractivity contribution in [3.05, 3.63) is 0 Å². The summed E-state index contributed by atoms with van der Waals surface area (Å²) in [5, 5.41) is 7.29. The Morgan fingerprint density at radius 2 is 1.36 bits per heavy atom. The first-order valence-electron chi connectivity index (χ1n) is 6.04. The second-order valence-corrected chi connectivity index (χ2v) is 5.48. The van der Waals surface area contributed by atoms with Crippen LogP contribution in [0.5, 0.6) is 0 Å². The maximum Gasteiger partial charge on any atom is 0.0198 e. The van der Waals surface area contributed by atoms with Crippen LogP contribution in [0.25, 0.3) is 0 Å². The zero-order chi connectivity index (χ0) is 10.6. The highest BCUT2D eigenvalue weighted by molar-refractivity contribution is 4.84. The van der Waals surface area contributed by atoms with Gasteiger partial charge in [0.25, 0.3) is 0 Å². The van der Waals surface area contributed by atoms with Crippen molar-refractivity contribution in [2.24, 2.45) is 11.8 Å². The third-order valence-electron chi connectivity index (χ3n) is 2.76. The molecule has 0 aromatic heterocycles. The minimum absolute atomic E-state index is 0.687. The van der Waals surface area contributed by atoms with E-state index in [1.54, 1.807) is 0 Å². The molecule has 2 unspecified atom stereocenters. The molecule has 14 heavy (non-hydrogen) atoms. The molecule has 0 bridgehead atoms. The summed E-state index contributed by atoms with van der Waals surface area (Å²) in [6, 6.07) is 1.37. The minimum atomic E-state index is 0.687. The van der Waals surface area contributed by atoms with Gasteiger partial charge < -0.3 is 10.6 Å². The molecule has 2 N–H and O–H groups in total. The molecule has 0 radical (unpaired) electrons. The Morgan fingerprint density at radius 3 is 1.71 bits per heavy atom. The molecule has 2 heteroatoms. The number of nitrogens with one attached hydrogen (secondary N) is 2. The van der Waals surface area contributed by atoms with E-state index in [4.69, 9.17) is 0 Å². The van der Waals surface area contributed by atoms with Gasteiger partial charge in [-0.15, -0.1) is 0 Å². The Balaban J connectivity index is 2.28. The molecule has 0 amide bonds. The zero-order valence-electron chi connectivity index (χ0n) is 10.1. The van der Waals surface area contributed by atoms with Crippen LogP contribution in [0.15, 0.2) is 0 Å². The molecule has 84 valence electrons. The fourth-order valence-corrected chi connectivity index (χ4v) is 2.32. The van der Waals surface area contributed by atoms with Crippen molar-refractivity contribution in [2.45, 2.75) is 52.6 Å². The Hall–Kier alpha value is -0.0800. The quantitative estimate of drug-likeness (QED) is 0.722. The molecule has 0 spiro atoms. The monoisotopic (exact) mass is 198 g/mol. The summed E-state index contributed by atoms with van der Waals surface area (Å²) in [6.45, 7) is 11.5. The van der Waals surface area contributed by atoms with E-state index in [1.165, 1.54) is 12.8 Å². The molecule has 0 saturated carbocycles. The van der Waals surface area contributed by atoms with E-state index in [0.717, 1.165) is 24.9 Å². The van der Waals surface area contributed by atoms with Gasteiger partial charge in [0.1, 0.15) is 0 Å². The summed E-state index contributed by atoms with van der Waals surface area (Å²) in [6.07, 6.45) is 2.59. The summed E-state index contributed by atoms with van der Waals surface area (Å²) in [5.41, 5.74) is 0. The van der Waals surface area contributed by atoms with Crippen molar-refractivity contribution in [1.82, 2.24) is 10.6 Å². The smallest absolute Gasteiger partial charge is 0.0198 e. The third kappa shape index (κ3) is 4.43. The number of hydrogen-bond acceptors (Lipinski definition) is 2. The lowest BCUT2D eigenvalue weighted by Crippen LogP contribution is -2.55. The van der Waals surface area contributed by atoms with Crippen molar-refractivity contribution in [1.29, 1.82) is 0 Å². The largest absolute Gasteiger partial charge is 0.314 e. The second kappa shape index (κ2) is 5.72. The van der Waals surface area contributed by atoms with Gasteiger partial charge in [0.05, 0.1) is 0 Å². The van der Waals surface area contributed by atoms with Gasteiger partial charge in [-0.3, -0.25) is 0 Å². The van der Waals surface area contributed by atoms with Crippen molar-refractivity contribution in [2.75, 3.05) is 13.1 Å². The van der Waals surface area contributed by atoms with Gasteiger partial charge in [-0.1, -0.05) is 27.7 Å². The van der Waals surface area contributed by atoms with Crippen LogP contribution in [0.4, 0.5) is 0 Å². The molecule has 1 heterocycles. The molecule has 2 nitrogen and oxygen atoms in total. The van der Waals surface area contributed by atoms with Crippen LogP contribution in [0, 0.1) is 11.8 Å². The lowest BCUT2D eigenvalue weighted by atomic mass is 9.97. The van der Waals surface area contributed by atoms with Crippen LogP contribution in [0.2, 0.25) is 0 Å². The zero-order valence-corrected chi connectivity index (χ0v) is 10.1. The summed E-state index contributed by atoms with van der Waals surface area (Å²) in [4.78, 5) is 0. The Morgan fingerprint density at radius 1 is 0.929 bits per heavy atom. The molecule has 0 aliphatic carbocycles. The Kier molecular flexibility index (Phi) is 4.90. The van der Waals surface area contributed by atoms with Crippen LogP contribution in [0.3, 0.4) is 0 Å². The predicted molar refractivity (Wildman–Crippen MR) is 62.5 cm³/mol. The summed E-state index contributed by atoms with van der Waals surface area (Å²) >= 11 is 0. The first-order chi connectivity index (χ1) is 6.58. The van der Waals surface area contributed by atoms with Crippen LogP contribution in [-0.2, 0) is 0 Å². The first-order valence-corrected chi connectivity index (χ1v) is 6.04. The lowest BCUT2D eigenvalue weighted by molar-refractivity contribution is 0.277. The topological polar surface area (TPSA) is 24.1 Å². The predicted octanol–water partition coefficient (Wildman–Crippen LogP) is 2.01. The Bertz CT molecular complexity index is 138. The van der Waals surface area contributed by atoms with Gasteiger partial charge in [0.2, 0.25) is 0 Å². The summed E-state index contributed by atoms with van der Waals surface area (Å²) in [7, 11) is 0. The van der Waals surface area contributed by atoms with Crippen LogP contribution in [-0.4, -0.2) is 25.2 Å². The van der Waals surface area contributed by atoms with Crippen molar-refractivity contribution >= 4 is 0 Å². The minimum Gasteiger partial charge on any atom is -0.314 e. The SMILES string of the molecule is CC(C)CC1CNCC(CC(C)C)N1. The normalized spacial score (nSPS) is 28.7. The average molecular weight is 198 g/mol. The van der Waals surface area contributed by atoms with Crippen molar-refractivity contribution in [3.63, 3.8) is 0 Å². The highest BCUT2D eigenvalue weighted by Gasteiger charge is 2.21. The maximum atomic E-state index is 3.75. The summed E-state index contributed by atoms with van der Waals surface area (Å²) < 4.78 is 0.